The van der Waals surface area contributed by atoms with Crippen molar-refractivity contribution >= 4 is 23.2 Å². The summed E-state index contributed by atoms with van der Waals surface area (Å²) in [6.45, 7) is 17.3. The molecule has 2 aliphatic heterocycles. The second-order valence-corrected chi connectivity index (χ2v) is 10.8. The van der Waals surface area contributed by atoms with Crippen LogP contribution in [0.15, 0.2) is 36.6 Å². The van der Waals surface area contributed by atoms with Crippen molar-refractivity contribution in [2.75, 3.05) is 7.11 Å². The van der Waals surface area contributed by atoms with Gasteiger partial charge in [0.15, 0.2) is 5.44 Å². The molecule has 3 rings (SSSR count). The van der Waals surface area contributed by atoms with Crippen LogP contribution >= 0.6 is 11.9 Å². The van der Waals surface area contributed by atoms with Gasteiger partial charge in [-0.25, -0.2) is 4.98 Å². The van der Waals surface area contributed by atoms with Crippen molar-refractivity contribution < 1.29 is 9.47 Å². The van der Waals surface area contributed by atoms with Crippen LogP contribution in [0.25, 0.3) is 11.3 Å². The molecule has 2 aliphatic rings. The van der Waals surface area contributed by atoms with Gasteiger partial charge in [0.2, 0.25) is 0 Å². The summed E-state index contributed by atoms with van der Waals surface area (Å²) in [7, 11) is 1.73. The first kappa shape index (κ1) is 26.4. The van der Waals surface area contributed by atoms with E-state index in [1.807, 2.05) is 25.3 Å². The van der Waals surface area contributed by atoms with Gasteiger partial charge < -0.3 is 18.8 Å². The fourth-order valence-corrected chi connectivity index (χ4v) is 5.95. The van der Waals surface area contributed by atoms with Crippen LogP contribution in [-0.4, -0.2) is 33.8 Å². The molecule has 3 heterocycles. The maximum absolute atomic E-state index is 6.19. The molecule has 0 aromatic carbocycles. The van der Waals surface area contributed by atoms with Gasteiger partial charge in [0.25, 0.3) is 0 Å². The lowest BCUT2D eigenvalue weighted by Crippen LogP contribution is -2.37. The molecule has 0 bridgehead atoms. The first-order valence-electron chi connectivity index (χ1n) is 12.0. The molecule has 1 saturated heterocycles. The predicted molar refractivity (Wildman–Crippen MR) is 144 cm³/mol. The highest BCUT2D eigenvalue weighted by Crippen LogP contribution is 2.42. The topological polar surface area (TPSA) is 48.3 Å². The summed E-state index contributed by atoms with van der Waals surface area (Å²) in [5.41, 5.74) is 4.86. The third kappa shape index (κ3) is 5.71. The second-order valence-electron chi connectivity index (χ2n) is 9.91. The van der Waals surface area contributed by atoms with Gasteiger partial charge in [-0.2, -0.15) is 0 Å². The Bertz CT molecular complexity index is 1040. The number of nitrogens with zero attached hydrogens (tertiary/aromatic N) is 2. The summed E-state index contributed by atoms with van der Waals surface area (Å²) in [5, 5.41) is 0. The fourth-order valence-electron chi connectivity index (χ4n) is 5.27. The zero-order valence-corrected chi connectivity index (χ0v) is 22.5. The Hall–Kier alpha value is -2.20. The zero-order valence-electron chi connectivity index (χ0n) is 21.6. The summed E-state index contributed by atoms with van der Waals surface area (Å²) < 4.78 is 17.5. The molecule has 6 heteroatoms. The number of rotatable bonds is 7. The Morgan fingerprint density at radius 3 is 2.88 bits per heavy atom. The van der Waals surface area contributed by atoms with Gasteiger partial charge in [-0.05, 0) is 77.8 Å². The van der Waals surface area contributed by atoms with E-state index in [4.69, 9.17) is 20.9 Å². The van der Waals surface area contributed by atoms with Crippen LogP contribution in [-0.2, 0) is 9.47 Å². The van der Waals surface area contributed by atoms with Crippen LogP contribution in [0.1, 0.15) is 77.0 Å². The van der Waals surface area contributed by atoms with Crippen molar-refractivity contribution in [3.8, 4) is 12.3 Å². The molecular formula is C28H39N3O2S. The number of terminal acetylenes is 1. The van der Waals surface area contributed by atoms with E-state index in [-0.39, 0.29) is 23.1 Å². The summed E-state index contributed by atoms with van der Waals surface area (Å²) >= 11 is 1.52. The van der Waals surface area contributed by atoms with E-state index in [1.54, 1.807) is 7.11 Å². The van der Waals surface area contributed by atoms with E-state index in [0.29, 0.717) is 5.92 Å². The zero-order chi connectivity index (χ0) is 25.0. The van der Waals surface area contributed by atoms with Crippen molar-refractivity contribution in [3.05, 3.63) is 53.8 Å². The van der Waals surface area contributed by atoms with Crippen molar-refractivity contribution in [2.45, 2.75) is 83.9 Å². The molecule has 0 amide bonds. The Kier molecular flexibility index (Phi) is 8.57. The molecule has 4 atom stereocenters. The van der Waals surface area contributed by atoms with Crippen molar-refractivity contribution in [3.63, 3.8) is 0 Å². The molecule has 5 nitrogen and oxygen atoms in total. The molecule has 34 heavy (non-hydrogen) atoms. The third-order valence-corrected chi connectivity index (χ3v) is 7.55. The minimum atomic E-state index is -0.199. The molecule has 0 aliphatic carbocycles. The highest BCUT2D eigenvalue weighted by molar-refractivity contribution is 7.98. The van der Waals surface area contributed by atoms with E-state index >= 15 is 0 Å². The fraction of sp³-hybridized carbons (Fsp3) is 0.536. The second kappa shape index (κ2) is 11.0. The highest BCUT2D eigenvalue weighted by Gasteiger charge is 2.37. The number of imidazole rings is 1. The number of allylic oxidation sites excluding steroid dienone is 5. The van der Waals surface area contributed by atoms with Gasteiger partial charge in [0.1, 0.15) is 5.82 Å². The van der Waals surface area contributed by atoms with Crippen molar-refractivity contribution in [1.82, 2.24) is 14.3 Å². The molecule has 184 valence electrons. The van der Waals surface area contributed by atoms with E-state index in [9.17, 15) is 0 Å². The van der Waals surface area contributed by atoms with Crippen LogP contribution in [0.5, 0.6) is 0 Å². The normalized spacial score (nSPS) is 25.6. The summed E-state index contributed by atoms with van der Waals surface area (Å²) in [6.07, 6.45) is 16.6. The molecule has 0 spiro atoms. The molecule has 0 radical (unpaired) electrons. The van der Waals surface area contributed by atoms with Crippen LogP contribution in [0, 0.1) is 25.2 Å². The van der Waals surface area contributed by atoms with Crippen LogP contribution < -0.4 is 4.72 Å². The molecule has 0 saturated carbocycles. The maximum Gasteiger partial charge on any atom is 0.150 e. The third-order valence-electron chi connectivity index (χ3n) is 6.61. The Morgan fingerprint density at radius 1 is 1.53 bits per heavy atom. The lowest BCUT2D eigenvalue weighted by molar-refractivity contribution is -0.106. The maximum atomic E-state index is 6.19. The monoisotopic (exact) mass is 481 g/mol. The van der Waals surface area contributed by atoms with E-state index in [2.05, 4.69) is 62.5 Å². The molecule has 1 N–H and O–H groups in total. The van der Waals surface area contributed by atoms with Gasteiger partial charge in [-0.15, -0.1) is 6.42 Å². The lowest BCUT2D eigenvalue weighted by atomic mass is 9.83. The predicted octanol–water partition coefficient (Wildman–Crippen LogP) is 6.45. The van der Waals surface area contributed by atoms with Crippen LogP contribution in [0.3, 0.4) is 0 Å². The standard InChI is InChI=1S/C28H39N3O2S/c1-10-22(11-2)18(3)15-19(4)31-21(6)25(23-16-20(5)33-28(7,8)17-23)30-26(31)24-13-12-14-29-34-27(24)32-9/h1,11-14,18,20,23,27,29H,4,15-17H2,2-3,5-9H3/b22-11-. The molecule has 1 fully saturated rings. The number of hydrogen-bond donors (Lipinski definition) is 1. The number of hydrogen-bond acceptors (Lipinski definition) is 5. The van der Waals surface area contributed by atoms with E-state index in [0.717, 1.165) is 53.3 Å². The SMILES string of the molecule is C#C/C(=C/C)C(C)CC(=C)n1c(C2=CC=CNSC2OC)nc(C2CC(C)OC(C)(C)C2)c1C. The highest BCUT2D eigenvalue weighted by atomic mass is 32.2. The summed E-state index contributed by atoms with van der Waals surface area (Å²) in [6, 6.07) is 0. The van der Waals surface area contributed by atoms with Gasteiger partial charge in [-0.1, -0.05) is 31.6 Å². The largest absolute Gasteiger partial charge is 0.373 e. The first-order chi connectivity index (χ1) is 16.1. The number of methoxy groups -OCH3 is 1. The Labute approximate surface area is 209 Å². The van der Waals surface area contributed by atoms with E-state index < -0.39 is 0 Å². The molecule has 4 unspecified atom stereocenters. The van der Waals surface area contributed by atoms with E-state index in [1.165, 1.54) is 11.9 Å². The van der Waals surface area contributed by atoms with Gasteiger partial charge in [0.05, 0.1) is 17.4 Å². The number of aromatic nitrogens is 2. The number of ether oxygens (including phenoxy) is 2. The van der Waals surface area contributed by atoms with Gasteiger partial charge in [0, 0.05) is 41.8 Å². The lowest BCUT2D eigenvalue weighted by Gasteiger charge is -2.39. The number of nitrogens with one attached hydrogen (secondary N) is 1. The molecular weight excluding hydrogens is 442 g/mol. The molecule has 1 aromatic rings. The average Bonchev–Trinajstić information content (AvgIpc) is 2.93. The smallest absolute Gasteiger partial charge is 0.150 e. The Balaban J connectivity index is 2.10. The summed E-state index contributed by atoms with van der Waals surface area (Å²) in [5.74, 6) is 4.22. The summed E-state index contributed by atoms with van der Waals surface area (Å²) in [4.78, 5) is 5.28. The van der Waals surface area contributed by atoms with Gasteiger partial charge in [-0.3, -0.25) is 0 Å². The minimum absolute atomic E-state index is 0.184. The minimum Gasteiger partial charge on any atom is -0.373 e. The van der Waals surface area contributed by atoms with Gasteiger partial charge >= 0.3 is 0 Å². The van der Waals surface area contributed by atoms with Crippen molar-refractivity contribution in [2.24, 2.45) is 5.92 Å². The Morgan fingerprint density at radius 2 is 2.26 bits per heavy atom. The van der Waals surface area contributed by atoms with Crippen LogP contribution in [0.4, 0.5) is 0 Å². The van der Waals surface area contributed by atoms with Crippen molar-refractivity contribution in [1.29, 1.82) is 0 Å². The quantitative estimate of drug-likeness (QED) is 0.358. The average molecular weight is 482 g/mol. The first-order valence-corrected chi connectivity index (χ1v) is 12.9. The van der Waals surface area contributed by atoms with Crippen LogP contribution in [0.2, 0.25) is 0 Å². The molecule has 1 aromatic heterocycles.